The van der Waals surface area contributed by atoms with E-state index in [1.54, 1.807) is 36.5 Å². The van der Waals surface area contributed by atoms with Gasteiger partial charge in [0.2, 0.25) is 0 Å². The first-order chi connectivity index (χ1) is 11.6. The fourth-order valence-electron chi connectivity index (χ4n) is 2.09. The highest BCUT2D eigenvalue weighted by atomic mass is 35.5. The van der Waals surface area contributed by atoms with E-state index in [4.69, 9.17) is 23.2 Å². The number of aromatic nitrogens is 1. The van der Waals surface area contributed by atoms with Gasteiger partial charge in [0.25, 0.3) is 5.91 Å². The van der Waals surface area contributed by atoms with E-state index in [1.165, 1.54) is 0 Å². The molecule has 2 N–H and O–H groups in total. The number of halogens is 2. The number of benzene rings is 2. The Labute approximate surface area is 149 Å². The Bertz CT molecular complexity index is 832. The van der Waals surface area contributed by atoms with Crippen LogP contribution in [0.4, 0.5) is 17.1 Å². The standard InChI is InChI=1S/C18H13Cl2N3O/c19-14-7-4-8-15(20)17(14)23-18(24)16-10-9-13(11-21-16)22-12-5-2-1-3-6-12/h1-11,22H,(H,23,24). The van der Waals surface area contributed by atoms with Gasteiger partial charge in [-0.3, -0.25) is 4.79 Å². The number of para-hydroxylation sites is 2. The van der Waals surface area contributed by atoms with Crippen molar-refractivity contribution in [2.45, 2.75) is 0 Å². The summed E-state index contributed by atoms with van der Waals surface area (Å²) in [5.74, 6) is -0.378. The molecule has 0 bridgehead atoms. The molecule has 0 aliphatic heterocycles. The van der Waals surface area contributed by atoms with Crippen LogP contribution in [-0.2, 0) is 0 Å². The summed E-state index contributed by atoms with van der Waals surface area (Å²) in [5, 5.41) is 6.63. The zero-order valence-corrected chi connectivity index (χ0v) is 14.0. The van der Waals surface area contributed by atoms with Gasteiger partial charge in [-0.1, -0.05) is 47.5 Å². The van der Waals surface area contributed by atoms with Crippen molar-refractivity contribution < 1.29 is 4.79 Å². The summed E-state index contributed by atoms with van der Waals surface area (Å²) >= 11 is 12.1. The minimum atomic E-state index is -0.378. The van der Waals surface area contributed by atoms with Gasteiger partial charge in [0.15, 0.2) is 0 Å². The smallest absolute Gasteiger partial charge is 0.274 e. The number of hydrogen-bond donors (Lipinski definition) is 2. The summed E-state index contributed by atoms with van der Waals surface area (Å²) in [6, 6.07) is 18.1. The first-order valence-corrected chi connectivity index (χ1v) is 7.92. The van der Waals surface area contributed by atoms with E-state index >= 15 is 0 Å². The molecule has 0 aliphatic carbocycles. The van der Waals surface area contributed by atoms with Gasteiger partial charge in [0.05, 0.1) is 27.6 Å². The molecule has 0 saturated heterocycles. The SMILES string of the molecule is O=C(Nc1c(Cl)cccc1Cl)c1ccc(Nc2ccccc2)cn1. The second-order valence-corrected chi connectivity index (χ2v) is 5.79. The average molecular weight is 358 g/mol. The summed E-state index contributed by atoms with van der Waals surface area (Å²) in [4.78, 5) is 16.4. The number of carbonyl (C=O) groups is 1. The lowest BCUT2D eigenvalue weighted by Gasteiger charge is -2.09. The van der Waals surface area contributed by atoms with Crippen LogP contribution in [0, 0.1) is 0 Å². The molecule has 6 heteroatoms. The van der Waals surface area contributed by atoms with Crippen molar-refractivity contribution >= 4 is 46.2 Å². The molecule has 0 unspecified atom stereocenters. The van der Waals surface area contributed by atoms with E-state index in [2.05, 4.69) is 15.6 Å². The highest BCUT2D eigenvalue weighted by molar-refractivity contribution is 6.40. The van der Waals surface area contributed by atoms with Gasteiger partial charge in [0.1, 0.15) is 5.69 Å². The maximum Gasteiger partial charge on any atom is 0.274 e. The van der Waals surface area contributed by atoms with Gasteiger partial charge in [-0.05, 0) is 36.4 Å². The Morgan fingerprint density at radius 2 is 1.54 bits per heavy atom. The van der Waals surface area contributed by atoms with Crippen molar-refractivity contribution in [1.29, 1.82) is 0 Å². The summed E-state index contributed by atoms with van der Waals surface area (Å²) in [5.41, 5.74) is 2.37. The summed E-state index contributed by atoms with van der Waals surface area (Å²) in [7, 11) is 0. The number of anilines is 3. The lowest BCUT2D eigenvalue weighted by Crippen LogP contribution is -2.14. The number of hydrogen-bond acceptors (Lipinski definition) is 3. The number of pyridine rings is 1. The Balaban J connectivity index is 1.72. The topological polar surface area (TPSA) is 54.0 Å². The average Bonchev–Trinajstić information content (AvgIpc) is 2.60. The van der Waals surface area contributed by atoms with Crippen molar-refractivity contribution in [1.82, 2.24) is 4.98 Å². The Morgan fingerprint density at radius 1 is 0.833 bits per heavy atom. The van der Waals surface area contributed by atoms with Crippen LogP contribution in [0.1, 0.15) is 10.5 Å². The van der Waals surface area contributed by atoms with Gasteiger partial charge in [-0.25, -0.2) is 4.98 Å². The zero-order chi connectivity index (χ0) is 16.9. The van der Waals surface area contributed by atoms with Crippen LogP contribution in [0.25, 0.3) is 0 Å². The number of nitrogens with one attached hydrogen (secondary N) is 2. The number of carbonyl (C=O) groups excluding carboxylic acids is 1. The maximum absolute atomic E-state index is 12.3. The summed E-state index contributed by atoms with van der Waals surface area (Å²) in [6.45, 7) is 0. The highest BCUT2D eigenvalue weighted by Crippen LogP contribution is 2.30. The van der Waals surface area contributed by atoms with Crippen LogP contribution in [0.2, 0.25) is 10.0 Å². The van der Waals surface area contributed by atoms with E-state index in [1.807, 2.05) is 30.3 Å². The molecule has 1 aromatic heterocycles. The van der Waals surface area contributed by atoms with E-state index < -0.39 is 0 Å². The molecule has 0 fully saturated rings. The molecule has 0 radical (unpaired) electrons. The van der Waals surface area contributed by atoms with Gasteiger partial charge in [-0.15, -0.1) is 0 Å². The summed E-state index contributed by atoms with van der Waals surface area (Å²) in [6.07, 6.45) is 1.59. The number of rotatable bonds is 4. The van der Waals surface area contributed by atoms with Crippen molar-refractivity contribution in [3.63, 3.8) is 0 Å². The normalized spacial score (nSPS) is 10.2. The van der Waals surface area contributed by atoms with Crippen molar-refractivity contribution in [3.8, 4) is 0 Å². The molecule has 4 nitrogen and oxygen atoms in total. The second kappa shape index (κ2) is 7.34. The Morgan fingerprint density at radius 3 is 2.17 bits per heavy atom. The van der Waals surface area contributed by atoms with Gasteiger partial charge in [-0.2, -0.15) is 0 Å². The molecule has 0 aliphatic rings. The fourth-order valence-corrected chi connectivity index (χ4v) is 2.58. The van der Waals surface area contributed by atoms with E-state index in [0.717, 1.165) is 11.4 Å². The van der Waals surface area contributed by atoms with E-state index in [-0.39, 0.29) is 11.6 Å². The quantitative estimate of drug-likeness (QED) is 0.658. The van der Waals surface area contributed by atoms with Gasteiger partial charge >= 0.3 is 0 Å². The van der Waals surface area contributed by atoms with Gasteiger partial charge in [0, 0.05) is 5.69 Å². The van der Waals surface area contributed by atoms with Crippen molar-refractivity contribution in [2.75, 3.05) is 10.6 Å². The predicted molar refractivity (Wildman–Crippen MR) is 98.4 cm³/mol. The molecule has 3 aromatic rings. The van der Waals surface area contributed by atoms with Crippen LogP contribution in [-0.4, -0.2) is 10.9 Å². The van der Waals surface area contributed by atoms with Gasteiger partial charge < -0.3 is 10.6 Å². The minimum absolute atomic E-state index is 0.268. The first kappa shape index (κ1) is 16.3. The maximum atomic E-state index is 12.3. The first-order valence-electron chi connectivity index (χ1n) is 7.17. The molecular weight excluding hydrogens is 345 g/mol. The Hall–Kier alpha value is -2.56. The largest absolute Gasteiger partial charge is 0.354 e. The number of amides is 1. The molecule has 24 heavy (non-hydrogen) atoms. The Kier molecular flexibility index (Phi) is 4.99. The summed E-state index contributed by atoms with van der Waals surface area (Å²) < 4.78 is 0. The van der Waals surface area contributed by atoms with Crippen LogP contribution >= 0.6 is 23.2 Å². The number of nitrogens with zero attached hydrogens (tertiary/aromatic N) is 1. The monoisotopic (exact) mass is 357 g/mol. The zero-order valence-electron chi connectivity index (χ0n) is 12.5. The van der Waals surface area contributed by atoms with Crippen LogP contribution in [0.15, 0.2) is 66.9 Å². The van der Waals surface area contributed by atoms with Crippen molar-refractivity contribution in [3.05, 3.63) is 82.6 Å². The van der Waals surface area contributed by atoms with E-state index in [9.17, 15) is 4.79 Å². The van der Waals surface area contributed by atoms with Crippen LogP contribution in [0.3, 0.4) is 0 Å². The molecule has 0 atom stereocenters. The lowest BCUT2D eigenvalue weighted by molar-refractivity contribution is 0.102. The molecule has 0 saturated carbocycles. The molecule has 120 valence electrons. The third-order valence-electron chi connectivity index (χ3n) is 3.26. The molecule has 0 spiro atoms. The second-order valence-electron chi connectivity index (χ2n) is 4.97. The molecule has 2 aromatic carbocycles. The molecule has 3 rings (SSSR count). The minimum Gasteiger partial charge on any atom is -0.354 e. The fraction of sp³-hybridized carbons (Fsp3) is 0. The third kappa shape index (κ3) is 3.85. The molecule has 1 amide bonds. The molecule has 1 heterocycles. The van der Waals surface area contributed by atoms with Crippen LogP contribution < -0.4 is 10.6 Å². The lowest BCUT2D eigenvalue weighted by atomic mass is 10.2. The van der Waals surface area contributed by atoms with E-state index in [0.29, 0.717) is 15.7 Å². The van der Waals surface area contributed by atoms with Crippen molar-refractivity contribution in [2.24, 2.45) is 0 Å². The molecular formula is C18H13Cl2N3O. The highest BCUT2D eigenvalue weighted by Gasteiger charge is 2.12. The third-order valence-corrected chi connectivity index (χ3v) is 3.89. The predicted octanol–water partition coefficient (Wildman–Crippen LogP) is 5.38. The van der Waals surface area contributed by atoms with Crippen LogP contribution in [0.5, 0.6) is 0 Å².